The third-order valence-corrected chi connectivity index (χ3v) is 2.90. The smallest absolute Gasteiger partial charge is 0.128 e. The van der Waals surface area contributed by atoms with Gasteiger partial charge in [-0.05, 0) is 35.0 Å². The maximum absolute atomic E-state index is 13.1. The van der Waals surface area contributed by atoms with Crippen LogP contribution in [0.2, 0.25) is 0 Å². The zero-order chi connectivity index (χ0) is 13.2. The lowest BCUT2D eigenvalue weighted by Crippen LogP contribution is -1.92. The molecule has 0 unspecified atom stereocenters. The second-order valence-corrected chi connectivity index (χ2v) is 4.35. The van der Waals surface area contributed by atoms with E-state index in [1.807, 2.05) is 42.5 Å². The highest BCUT2D eigenvalue weighted by Crippen LogP contribution is 2.23. The van der Waals surface area contributed by atoms with Crippen LogP contribution in [0.25, 0.3) is 10.8 Å². The van der Waals surface area contributed by atoms with E-state index in [2.05, 4.69) is 5.32 Å². The highest BCUT2D eigenvalue weighted by molar-refractivity contribution is 5.86. The molecular weight excluding hydrogens is 244 g/mol. The first-order valence-corrected chi connectivity index (χ1v) is 5.93. The van der Waals surface area contributed by atoms with Gasteiger partial charge in [-0.25, -0.2) is 8.78 Å². The Morgan fingerprint density at radius 2 is 1.32 bits per heavy atom. The summed E-state index contributed by atoms with van der Waals surface area (Å²) in [5.74, 6) is -1.19. The maximum Gasteiger partial charge on any atom is 0.128 e. The normalized spacial score (nSPS) is 10.6. The average Bonchev–Trinajstić information content (AvgIpc) is 2.37. The van der Waals surface area contributed by atoms with Gasteiger partial charge < -0.3 is 5.32 Å². The fourth-order valence-corrected chi connectivity index (χ4v) is 2.06. The van der Waals surface area contributed by atoms with Gasteiger partial charge in [0.15, 0.2) is 0 Å². The number of anilines is 2. The summed E-state index contributed by atoms with van der Waals surface area (Å²) < 4.78 is 26.2. The largest absolute Gasteiger partial charge is 0.355 e. The van der Waals surface area contributed by atoms with Gasteiger partial charge in [-0.2, -0.15) is 0 Å². The number of rotatable bonds is 2. The third kappa shape index (κ3) is 2.55. The van der Waals surface area contributed by atoms with Gasteiger partial charge in [0, 0.05) is 17.4 Å². The number of halogens is 2. The minimum absolute atomic E-state index is 0.396. The van der Waals surface area contributed by atoms with Crippen LogP contribution in [0.3, 0.4) is 0 Å². The molecule has 1 nitrogen and oxygen atoms in total. The third-order valence-electron chi connectivity index (χ3n) is 2.90. The predicted molar refractivity (Wildman–Crippen MR) is 73.6 cm³/mol. The first-order chi connectivity index (χ1) is 9.20. The van der Waals surface area contributed by atoms with E-state index in [0.29, 0.717) is 5.69 Å². The Morgan fingerprint density at radius 1 is 0.632 bits per heavy atom. The van der Waals surface area contributed by atoms with Gasteiger partial charge >= 0.3 is 0 Å². The standard InChI is InChI=1S/C16H11F2N/c17-13-8-14(18)10-16(9-13)19-15-6-5-11-3-1-2-4-12(11)7-15/h1-10,19H. The summed E-state index contributed by atoms with van der Waals surface area (Å²) in [5, 5.41) is 5.19. The Labute approximate surface area is 109 Å². The van der Waals surface area contributed by atoms with E-state index < -0.39 is 11.6 Å². The molecule has 3 aromatic carbocycles. The van der Waals surface area contributed by atoms with E-state index in [1.54, 1.807) is 0 Å². The van der Waals surface area contributed by atoms with Crippen molar-refractivity contribution in [3.63, 3.8) is 0 Å². The number of hydrogen-bond acceptors (Lipinski definition) is 1. The molecular formula is C16H11F2N. The zero-order valence-electron chi connectivity index (χ0n) is 10.0. The summed E-state index contributed by atoms with van der Waals surface area (Å²) in [5.41, 5.74) is 1.19. The lowest BCUT2D eigenvalue weighted by molar-refractivity contribution is 0.584. The molecule has 94 valence electrons. The SMILES string of the molecule is Fc1cc(F)cc(Nc2ccc3ccccc3c2)c1. The van der Waals surface area contributed by atoms with Gasteiger partial charge in [-0.3, -0.25) is 0 Å². The van der Waals surface area contributed by atoms with E-state index >= 15 is 0 Å². The first kappa shape index (κ1) is 11.7. The highest BCUT2D eigenvalue weighted by Gasteiger charge is 2.01. The Morgan fingerprint density at radius 3 is 2.05 bits per heavy atom. The van der Waals surface area contributed by atoms with Gasteiger partial charge in [0.2, 0.25) is 0 Å². The highest BCUT2D eigenvalue weighted by atomic mass is 19.1. The molecule has 0 atom stereocenters. The minimum Gasteiger partial charge on any atom is -0.355 e. The van der Waals surface area contributed by atoms with Crippen molar-refractivity contribution in [3.05, 3.63) is 72.3 Å². The van der Waals surface area contributed by atoms with Crippen molar-refractivity contribution < 1.29 is 8.78 Å². The Bertz CT molecular complexity index is 717. The van der Waals surface area contributed by atoms with Crippen molar-refractivity contribution in [1.82, 2.24) is 0 Å². The van der Waals surface area contributed by atoms with Crippen LogP contribution >= 0.6 is 0 Å². The molecule has 0 radical (unpaired) electrons. The molecule has 0 aliphatic rings. The maximum atomic E-state index is 13.1. The second kappa shape index (κ2) is 4.69. The molecule has 0 fully saturated rings. The molecule has 0 amide bonds. The molecule has 0 saturated heterocycles. The molecule has 0 heterocycles. The average molecular weight is 255 g/mol. The van der Waals surface area contributed by atoms with Crippen molar-refractivity contribution in [1.29, 1.82) is 0 Å². The summed E-state index contributed by atoms with van der Waals surface area (Å²) in [4.78, 5) is 0. The van der Waals surface area contributed by atoms with Crippen molar-refractivity contribution in [2.75, 3.05) is 5.32 Å². The number of fused-ring (bicyclic) bond motifs is 1. The van der Waals surface area contributed by atoms with E-state index in [1.165, 1.54) is 12.1 Å². The van der Waals surface area contributed by atoms with Crippen LogP contribution in [0.15, 0.2) is 60.7 Å². The predicted octanol–water partition coefficient (Wildman–Crippen LogP) is 4.86. The van der Waals surface area contributed by atoms with Gasteiger partial charge in [-0.15, -0.1) is 0 Å². The van der Waals surface area contributed by atoms with Crippen LogP contribution < -0.4 is 5.32 Å². The quantitative estimate of drug-likeness (QED) is 0.689. The first-order valence-electron chi connectivity index (χ1n) is 5.93. The molecule has 0 bridgehead atoms. The molecule has 1 N–H and O–H groups in total. The molecule has 0 saturated carbocycles. The van der Waals surface area contributed by atoms with Crippen molar-refractivity contribution in [2.24, 2.45) is 0 Å². The number of benzene rings is 3. The van der Waals surface area contributed by atoms with E-state index in [0.717, 1.165) is 22.5 Å². The molecule has 0 spiro atoms. The minimum atomic E-state index is -0.594. The van der Waals surface area contributed by atoms with E-state index in [-0.39, 0.29) is 0 Å². The van der Waals surface area contributed by atoms with Crippen molar-refractivity contribution in [3.8, 4) is 0 Å². The molecule has 3 heteroatoms. The number of nitrogens with one attached hydrogen (secondary N) is 1. The van der Waals surface area contributed by atoms with Crippen LogP contribution in [0, 0.1) is 11.6 Å². The van der Waals surface area contributed by atoms with Crippen LogP contribution in [-0.4, -0.2) is 0 Å². The second-order valence-electron chi connectivity index (χ2n) is 4.35. The van der Waals surface area contributed by atoms with Crippen molar-refractivity contribution >= 4 is 22.1 Å². The van der Waals surface area contributed by atoms with Gasteiger partial charge in [-0.1, -0.05) is 30.3 Å². The summed E-state index contributed by atoms with van der Waals surface area (Å²) >= 11 is 0. The van der Waals surface area contributed by atoms with Gasteiger partial charge in [0.1, 0.15) is 11.6 Å². The van der Waals surface area contributed by atoms with Crippen LogP contribution in [0.4, 0.5) is 20.2 Å². The topological polar surface area (TPSA) is 12.0 Å². The van der Waals surface area contributed by atoms with E-state index in [9.17, 15) is 8.78 Å². The Hall–Kier alpha value is -2.42. The van der Waals surface area contributed by atoms with Gasteiger partial charge in [0.25, 0.3) is 0 Å². The van der Waals surface area contributed by atoms with Crippen LogP contribution in [0.1, 0.15) is 0 Å². The molecule has 3 rings (SSSR count). The van der Waals surface area contributed by atoms with Crippen LogP contribution in [0.5, 0.6) is 0 Å². The summed E-state index contributed by atoms with van der Waals surface area (Å²) in [6.07, 6.45) is 0. The molecule has 0 aliphatic carbocycles. The fraction of sp³-hybridized carbons (Fsp3) is 0. The van der Waals surface area contributed by atoms with E-state index in [4.69, 9.17) is 0 Å². The molecule has 3 aromatic rings. The van der Waals surface area contributed by atoms with Gasteiger partial charge in [0.05, 0.1) is 0 Å². The van der Waals surface area contributed by atoms with Crippen molar-refractivity contribution in [2.45, 2.75) is 0 Å². The monoisotopic (exact) mass is 255 g/mol. The Balaban J connectivity index is 1.96. The summed E-state index contributed by atoms with van der Waals surface area (Å²) in [6.45, 7) is 0. The number of hydrogen-bond donors (Lipinski definition) is 1. The van der Waals surface area contributed by atoms with Crippen LogP contribution in [-0.2, 0) is 0 Å². The Kier molecular flexibility index (Phi) is 2.88. The lowest BCUT2D eigenvalue weighted by atomic mass is 10.1. The molecule has 0 aliphatic heterocycles. The summed E-state index contributed by atoms with van der Waals surface area (Å²) in [6, 6.07) is 17.1. The molecule has 0 aromatic heterocycles. The lowest BCUT2D eigenvalue weighted by Gasteiger charge is -2.08. The molecule has 19 heavy (non-hydrogen) atoms. The zero-order valence-corrected chi connectivity index (χ0v) is 10.0. The summed E-state index contributed by atoms with van der Waals surface area (Å²) in [7, 11) is 0. The fourth-order valence-electron chi connectivity index (χ4n) is 2.06.